The van der Waals surface area contributed by atoms with Crippen LogP contribution < -0.4 is 16.0 Å². The lowest BCUT2D eigenvalue weighted by molar-refractivity contribution is 0.102. The highest BCUT2D eigenvalue weighted by Crippen LogP contribution is 2.23. The minimum Gasteiger partial charge on any atom is -0.497 e. The third-order valence-corrected chi connectivity index (χ3v) is 4.62. The van der Waals surface area contributed by atoms with Gasteiger partial charge in [0.05, 0.1) is 12.9 Å². The molecule has 6 nitrogen and oxygen atoms in total. The van der Waals surface area contributed by atoms with Crippen LogP contribution in [0.4, 0.5) is 5.82 Å². The zero-order valence-electron chi connectivity index (χ0n) is 14.1. The minimum atomic E-state index is -0.436. The van der Waals surface area contributed by atoms with Crippen LogP contribution in [0.5, 0.6) is 5.75 Å². The number of carbonyl (C=O) groups excluding carboxylic acids is 1. The number of hydrogen-bond donors (Lipinski definition) is 1. The van der Waals surface area contributed by atoms with Crippen molar-refractivity contribution in [2.45, 2.75) is 5.16 Å². The SMILES string of the molecule is COc1ccc(C(=O)CSc2nc(=O)cc(N)n2-c2ccccc2)cc1. The van der Waals surface area contributed by atoms with Gasteiger partial charge in [-0.2, -0.15) is 4.98 Å². The Balaban J connectivity index is 1.85. The average Bonchev–Trinajstić information content (AvgIpc) is 2.66. The van der Waals surface area contributed by atoms with Gasteiger partial charge in [-0.25, -0.2) is 0 Å². The first-order valence-corrected chi connectivity index (χ1v) is 8.82. The van der Waals surface area contributed by atoms with E-state index in [1.54, 1.807) is 35.9 Å². The normalized spacial score (nSPS) is 10.5. The molecule has 1 aromatic heterocycles. The standard InChI is InChI=1S/C19H17N3O3S/c1-25-15-9-7-13(8-10-15)16(23)12-26-19-21-18(24)11-17(20)22(19)14-5-3-2-4-6-14/h2-11H,12,20H2,1H3. The number of Topliss-reactive ketones (excluding diaryl/α,β-unsaturated/α-hetero) is 1. The number of carbonyl (C=O) groups is 1. The molecule has 0 saturated carbocycles. The van der Waals surface area contributed by atoms with Crippen LogP contribution in [0.2, 0.25) is 0 Å². The summed E-state index contributed by atoms with van der Waals surface area (Å²) < 4.78 is 6.75. The third-order valence-electron chi connectivity index (χ3n) is 3.69. The second kappa shape index (κ2) is 7.88. The number of nitrogens with zero attached hydrogens (tertiary/aromatic N) is 2. The Bertz CT molecular complexity index is 970. The van der Waals surface area contributed by atoms with Gasteiger partial charge in [-0.3, -0.25) is 14.2 Å². The molecule has 0 saturated heterocycles. The largest absolute Gasteiger partial charge is 0.497 e. The molecule has 3 aromatic rings. The van der Waals surface area contributed by atoms with Crippen molar-refractivity contribution in [3.8, 4) is 11.4 Å². The van der Waals surface area contributed by atoms with Gasteiger partial charge in [-0.15, -0.1) is 0 Å². The molecule has 1 heterocycles. The molecule has 0 aliphatic carbocycles. The number of aromatic nitrogens is 2. The minimum absolute atomic E-state index is 0.0751. The number of nitrogens with two attached hydrogens (primary N) is 1. The fourth-order valence-corrected chi connectivity index (χ4v) is 3.32. The van der Waals surface area contributed by atoms with Crippen molar-refractivity contribution in [2.24, 2.45) is 0 Å². The Morgan fingerprint density at radius 2 is 1.85 bits per heavy atom. The van der Waals surface area contributed by atoms with Gasteiger partial charge in [0, 0.05) is 17.3 Å². The number of thioether (sulfide) groups is 1. The van der Waals surface area contributed by atoms with E-state index in [2.05, 4.69) is 4.98 Å². The van der Waals surface area contributed by atoms with Crippen LogP contribution in [0.15, 0.2) is 70.6 Å². The Kier molecular flexibility index (Phi) is 5.38. The fourth-order valence-electron chi connectivity index (χ4n) is 2.40. The molecular formula is C19H17N3O3S. The molecule has 132 valence electrons. The number of methoxy groups -OCH3 is 1. The van der Waals surface area contributed by atoms with E-state index in [1.165, 1.54) is 17.8 Å². The second-order valence-electron chi connectivity index (χ2n) is 5.41. The molecule has 0 spiro atoms. The predicted molar refractivity (Wildman–Crippen MR) is 102 cm³/mol. The van der Waals surface area contributed by atoms with Crippen LogP contribution in [-0.2, 0) is 0 Å². The van der Waals surface area contributed by atoms with Crippen LogP contribution in [0.1, 0.15) is 10.4 Å². The number of ketones is 1. The van der Waals surface area contributed by atoms with Crippen LogP contribution in [-0.4, -0.2) is 28.2 Å². The van der Waals surface area contributed by atoms with Crippen molar-refractivity contribution in [1.29, 1.82) is 0 Å². The lowest BCUT2D eigenvalue weighted by atomic mass is 10.1. The van der Waals surface area contributed by atoms with E-state index >= 15 is 0 Å². The maximum absolute atomic E-state index is 12.4. The van der Waals surface area contributed by atoms with Gasteiger partial charge in [0.2, 0.25) is 0 Å². The zero-order valence-corrected chi connectivity index (χ0v) is 14.9. The van der Waals surface area contributed by atoms with E-state index < -0.39 is 5.56 Å². The quantitative estimate of drug-likeness (QED) is 0.409. The molecule has 0 aliphatic heterocycles. The average molecular weight is 367 g/mol. The summed E-state index contributed by atoms with van der Waals surface area (Å²) in [5.74, 6) is 1.02. The Morgan fingerprint density at radius 3 is 2.50 bits per heavy atom. The number of nitrogen functional groups attached to an aromatic ring is 1. The molecule has 0 amide bonds. The highest BCUT2D eigenvalue weighted by atomic mass is 32.2. The zero-order chi connectivity index (χ0) is 18.5. The molecule has 0 atom stereocenters. The molecule has 7 heteroatoms. The molecule has 0 radical (unpaired) electrons. The first-order valence-electron chi connectivity index (χ1n) is 7.83. The molecule has 26 heavy (non-hydrogen) atoms. The summed E-state index contributed by atoms with van der Waals surface area (Å²) in [5, 5.41) is 0.378. The van der Waals surface area contributed by atoms with E-state index in [9.17, 15) is 9.59 Å². The van der Waals surface area contributed by atoms with Crippen molar-refractivity contribution < 1.29 is 9.53 Å². The van der Waals surface area contributed by atoms with Gasteiger partial charge >= 0.3 is 0 Å². The number of para-hydroxylation sites is 1. The first-order chi connectivity index (χ1) is 12.6. The van der Waals surface area contributed by atoms with E-state index in [0.29, 0.717) is 16.5 Å². The Hall–Kier alpha value is -3.06. The molecule has 0 bridgehead atoms. The molecular weight excluding hydrogens is 350 g/mol. The van der Waals surface area contributed by atoms with E-state index in [4.69, 9.17) is 10.5 Å². The van der Waals surface area contributed by atoms with Gasteiger partial charge in [0.25, 0.3) is 5.56 Å². The lowest BCUT2D eigenvalue weighted by Crippen LogP contribution is -2.17. The summed E-state index contributed by atoms with van der Waals surface area (Å²) in [7, 11) is 1.57. The number of rotatable bonds is 6. The highest BCUT2D eigenvalue weighted by Gasteiger charge is 2.13. The summed E-state index contributed by atoms with van der Waals surface area (Å²) >= 11 is 1.17. The van der Waals surface area contributed by atoms with Gasteiger partial charge in [0.1, 0.15) is 11.6 Å². The molecule has 0 aliphatic rings. The summed E-state index contributed by atoms with van der Waals surface area (Å²) in [6.07, 6.45) is 0. The van der Waals surface area contributed by atoms with Crippen LogP contribution in [0.3, 0.4) is 0 Å². The molecule has 2 N–H and O–H groups in total. The molecule has 0 fully saturated rings. The highest BCUT2D eigenvalue weighted by molar-refractivity contribution is 7.99. The monoisotopic (exact) mass is 367 g/mol. The molecule has 2 aromatic carbocycles. The number of ether oxygens (including phenoxy) is 1. The second-order valence-corrected chi connectivity index (χ2v) is 6.36. The van der Waals surface area contributed by atoms with Gasteiger partial charge in [-0.1, -0.05) is 30.0 Å². The summed E-state index contributed by atoms with van der Waals surface area (Å²) in [6, 6.07) is 17.5. The van der Waals surface area contributed by atoms with Gasteiger partial charge in [-0.05, 0) is 36.4 Å². The van der Waals surface area contributed by atoms with Gasteiger partial charge < -0.3 is 10.5 Å². The van der Waals surface area contributed by atoms with Crippen molar-refractivity contribution >= 4 is 23.4 Å². The smallest absolute Gasteiger partial charge is 0.275 e. The Morgan fingerprint density at radius 1 is 1.15 bits per heavy atom. The van der Waals surface area contributed by atoms with Crippen molar-refractivity contribution in [3.05, 3.63) is 76.6 Å². The maximum atomic E-state index is 12.4. The topological polar surface area (TPSA) is 87.2 Å². The number of hydrogen-bond acceptors (Lipinski definition) is 6. The summed E-state index contributed by atoms with van der Waals surface area (Å²) in [5.41, 5.74) is 6.92. The van der Waals surface area contributed by atoms with Crippen molar-refractivity contribution in [3.63, 3.8) is 0 Å². The van der Waals surface area contributed by atoms with Crippen LogP contribution in [0.25, 0.3) is 5.69 Å². The van der Waals surface area contributed by atoms with Crippen molar-refractivity contribution in [2.75, 3.05) is 18.6 Å². The Labute approximate surface area is 154 Å². The maximum Gasteiger partial charge on any atom is 0.275 e. The first kappa shape index (κ1) is 17.8. The fraction of sp³-hybridized carbons (Fsp3) is 0.105. The molecule has 0 unspecified atom stereocenters. The van der Waals surface area contributed by atoms with Crippen molar-refractivity contribution in [1.82, 2.24) is 9.55 Å². The van der Waals surface area contributed by atoms with E-state index in [-0.39, 0.29) is 17.4 Å². The number of anilines is 1. The predicted octanol–water partition coefficient (Wildman–Crippen LogP) is 2.80. The summed E-state index contributed by atoms with van der Waals surface area (Å²) in [6.45, 7) is 0. The number of benzene rings is 2. The van der Waals surface area contributed by atoms with Crippen LogP contribution >= 0.6 is 11.8 Å². The van der Waals surface area contributed by atoms with Crippen LogP contribution in [0, 0.1) is 0 Å². The van der Waals surface area contributed by atoms with E-state index in [0.717, 1.165) is 5.69 Å². The third kappa shape index (κ3) is 3.94. The van der Waals surface area contributed by atoms with E-state index in [1.807, 2.05) is 30.3 Å². The molecule has 3 rings (SSSR count). The van der Waals surface area contributed by atoms with Gasteiger partial charge in [0.15, 0.2) is 10.9 Å². The summed E-state index contributed by atoms with van der Waals surface area (Å²) in [4.78, 5) is 28.2. The lowest BCUT2D eigenvalue weighted by Gasteiger charge is -2.14.